The lowest BCUT2D eigenvalue weighted by Crippen LogP contribution is -2.28. The lowest BCUT2D eigenvalue weighted by atomic mass is 9.88. The molecule has 1 atom stereocenters. The zero-order valence-corrected chi connectivity index (χ0v) is 16.2. The standard InChI is InChI=1S/C23H29NO3/c1-3-15-24(2)22(25)17-19-11-9-18(10-12-19)16-21(13-14-23(26)27)20-7-5-4-6-8-20/h4-12,21H,3,13-17H2,1-2H3,(H,26,27). The van der Waals surface area contributed by atoms with Crippen molar-refractivity contribution in [2.24, 2.45) is 0 Å². The van der Waals surface area contributed by atoms with Gasteiger partial charge in [0.05, 0.1) is 6.42 Å². The van der Waals surface area contributed by atoms with E-state index in [0.29, 0.717) is 12.8 Å². The van der Waals surface area contributed by atoms with E-state index in [1.54, 1.807) is 4.90 Å². The van der Waals surface area contributed by atoms with Crippen LogP contribution in [-0.4, -0.2) is 35.5 Å². The van der Waals surface area contributed by atoms with E-state index in [1.165, 1.54) is 5.56 Å². The molecule has 0 spiro atoms. The van der Waals surface area contributed by atoms with Gasteiger partial charge in [0, 0.05) is 20.0 Å². The average molecular weight is 367 g/mol. The number of carboxylic acids is 1. The first-order valence-corrected chi connectivity index (χ1v) is 9.58. The van der Waals surface area contributed by atoms with E-state index >= 15 is 0 Å². The SMILES string of the molecule is CCCN(C)C(=O)Cc1ccc(CC(CCC(=O)O)c2ccccc2)cc1. The van der Waals surface area contributed by atoms with Gasteiger partial charge in [-0.3, -0.25) is 9.59 Å². The fourth-order valence-corrected chi connectivity index (χ4v) is 3.26. The van der Waals surface area contributed by atoms with E-state index < -0.39 is 5.97 Å². The molecule has 2 rings (SSSR count). The van der Waals surface area contributed by atoms with E-state index in [-0.39, 0.29) is 18.2 Å². The van der Waals surface area contributed by atoms with E-state index in [9.17, 15) is 9.59 Å². The molecule has 1 N–H and O–H groups in total. The van der Waals surface area contributed by atoms with Gasteiger partial charge in [-0.05, 0) is 41.9 Å². The number of hydrogen-bond acceptors (Lipinski definition) is 2. The molecule has 4 nitrogen and oxygen atoms in total. The normalized spacial score (nSPS) is 11.8. The summed E-state index contributed by atoms with van der Waals surface area (Å²) in [5.41, 5.74) is 3.33. The van der Waals surface area contributed by atoms with Crippen LogP contribution in [0.5, 0.6) is 0 Å². The predicted molar refractivity (Wildman–Crippen MR) is 108 cm³/mol. The second kappa shape index (κ2) is 10.5. The quantitative estimate of drug-likeness (QED) is 0.681. The Morgan fingerprint density at radius 3 is 2.22 bits per heavy atom. The van der Waals surface area contributed by atoms with Crippen molar-refractivity contribution in [1.29, 1.82) is 0 Å². The summed E-state index contributed by atoms with van der Waals surface area (Å²) in [5, 5.41) is 9.04. The topological polar surface area (TPSA) is 57.6 Å². The van der Waals surface area contributed by atoms with Crippen molar-refractivity contribution in [3.05, 3.63) is 71.3 Å². The second-order valence-corrected chi connectivity index (χ2v) is 7.05. The van der Waals surface area contributed by atoms with Crippen LogP contribution in [0.4, 0.5) is 0 Å². The third-order valence-corrected chi connectivity index (χ3v) is 4.82. The third-order valence-electron chi connectivity index (χ3n) is 4.82. The Morgan fingerprint density at radius 1 is 1.00 bits per heavy atom. The van der Waals surface area contributed by atoms with Gasteiger partial charge >= 0.3 is 5.97 Å². The summed E-state index contributed by atoms with van der Waals surface area (Å²) in [6.45, 7) is 2.84. The van der Waals surface area contributed by atoms with Crippen LogP contribution in [0, 0.1) is 0 Å². The van der Waals surface area contributed by atoms with Crippen molar-refractivity contribution in [3.8, 4) is 0 Å². The summed E-state index contributed by atoms with van der Waals surface area (Å²) in [6.07, 6.45) is 2.94. The van der Waals surface area contributed by atoms with Crippen molar-refractivity contribution in [1.82, 2.24) is 4.90 Å². The maximum absolute atomic E-state index is 12.2. The minimum absolute atomic E-state index is 0.133. The van der Waals surface area contributed by atoms with Crippen molar-refractivity contribution in [2.75, 3.05) is 13.6 Å². The Kier molecular flexibility index (Phi) is 8.05. The number of likely N-dealkylation sites (N-methyl/N-ethyl adjacent to an activating group) is 1. The molecule has 144 valence electrons. The molecule has 27 heavy (non-hydrogen) atoms. The second-order valence-electron chi connectivity index (χ2n) is 7.05. The highest BCUT2D eigenvalue weighted by Crippen LogP contribution is 2.26. The van der Waals surface area contributed by atoms with Gasteiger partial charge in [0.15, 0.2) is 0 Å². The number of carbonyl (C=O) groups excluding carboxylic acids is 1. The van der Waals surface area contributed by atoms with Crippen molar-refractivity contribution >= 4 is 11.9 Å². The molecule has 0 aliphatic carbocycles. The van der Waals surface area contributed by atoms with Gasteiger partial charge in [0.1, 0.15) is 0 Å². The fraction of sp³-hybridized carbons (Fsp3) is 0.391. The molecule has 2 aromatic rings. The lowest BCUT2D eigenvalue weighted by Gasteiger charge is -2.18. The third kappa shape index (κ3) is 6.89. The molecule has 0 radical (unpaired) electrons. The fourth-order valence-electron chi connectivity index (χ4n) is 3.26. The monoisotopic (exact) mass is 367 g/mol. The van der Waals surface area contributed by atoms with Gasteiger partial charge in [0.2, 0.25) is 5.91 Å². The van der Waals surface area contributed by atoms with Crippen LogP contribution in [0.25, 0.3) is 0 Å². The van der Waals surface area contributed by atoms with E-state index in [0.717, 1.165) is 30.5 Å². The van der Waals surface area contributed by atoms with Crippen molar-refractivity contribution < 1.29 is 14.7 Å². The number of hydrogen-bond donors (Lipinski definition) is 1. The minimum Gasteiger partial charge on any atom is -0.481 e. The Labute approximate surface area is 161 Å². The minimum atomic E-state index is -0.763. The van der Waals surface area contributed by atoms with E-state index in [1.807, 2.05) is 37.4 Å². The Balaban J connectivity index is 2.03. The highest BCUT2D eigenvalue weighted by atomic mass is 16.4. The van der Waals surface area contributed by atoms with Crippen LogP contribution in [0.1, 0.15) is 48.8 Å². The van der Waals surface area contributed by atoms with Crippen molar-refractivity contribution in [2.45, 2.75) is 44.9 Å². The first kappa shape index (κ1) is 20.7. The number of aliphatic carboxylic acids is 1. The van der Waals surface area contributed by atoms with Crippen LogP contribution < -0.4 is 0 Å². The summed E-state index contributed by atoms with van der Waals surface area (Å²) in [6, 6.07) is 18.2. The average Bonchev–Trinajstić information content (AvgIpc) is 2.67. The van der Waals surface area contributed by atoms with Gasteiger partial charge in [-0.2, -0.15) is 0 Å². The molecule has 1 amide bonds. The van der Waals surface area contributed by atoms with Crippen LogP contribution in [0.2, 0.25) is 0 Å². The molecule has 0 aliphatic rings. The molecular formula is C23H29NO3. The number of amides is 1. The van der Waals surface area contributed by atoms with Crippen LogP contribution in [-0.2, 0) is 22.4 Å². The molecule has 0 aliphatic heterocycles. The number of nitrogens with zero attached hydrogens (tertiary/aromatic N) is 1. The molecule has 0 aromatic heterocycles. The number of benzene rings is 2. The van der Waals surface area contributed by atoms with E-state index in [2.05, 4.69) is 31.2 Å². The molecule has 4 heteroatoms. The van der Waals surface area contributed by atoms with Gasteiger partial charge < -0.3 is 10.0 Å². The zero-order chi connectivity index (χ0) is 19.6. The smallest absolute Gasteiger partial charge is 0.303 e. The maximum atomic E-state index is 12.2. The van der Waals surface area contributed by atoms with Gasteiger partial charge in [-0.15, -0.1) is 0 Å². The summed E-state index contributed by atoms with van der Waals surface area (Å²) in [7, 11) is 1.84. The van der Waals surface area contributed by atoms with Gasteiger partial charge in [0.25, 0.3) is 0 Å². The molecule has 0 fully saturated rings. The van der Waals surface area contributed by atoms with Crippen LogP contribution in [0.3, 0.4) is 0 Å². The molecule has 2 aromatic carbocycles. The Hall–Kier alpha value is -2.62. The molecule has 0 saturated carbocycles. The zero-order valence-electron chi connectivity index (χ0n) is 16.2. The first-order valence-electron chi connectivity index (χ1n) is 9.58. The summed E-state index contributed by atoms with van der Waals surface area (Å²) in [4.78, 5) is 24.9. The number of rotatable bonds is 10. The molecule has 0 heterocycles. The largest absolute Gasteiger partial charge is 0.481 e. The van der Waals surface area contributed by atoms with E-state index in [4.69, 9.17) is 5.11 Å². The Bertz CT molecular complexity index is 725. The lowest BCUT2D eigenvalue weighted by molar-refractivity contribution is -0.137. The number of carbonyl (C=O) groups is 2. The van der Waals surface area contributed by atoms with Crippen LogP contribution in [0.15, 0.2) is 54.6 Å². The summed E-state index contributed by atoms with van der Waals surface area (Å²) < 4.78 is 0. The van der Waals surface area contributed by atoms with Crippen molar-refractivity contribution in [3.63, 3.8) is 0 Å². The maximum Gasteiger partial charge on any atom is 0.303 e. The summed E-state index contributed by atoms with van der Waals surface area (Å²) in [5.74, 6) is -0.459. The molecule has 0 bridgehead atoms. The van der Waals surface area contributed by atoms with Gasteiger partial charge in [-0.25, -0.2) is 0 Å². The molecular weight excluding hydrogens is 338 g/mol. The molecule has 0 saturated heterocycles. The first-order chi connectivity index (χ1) is 13.0. The van der Waals surface area contributed by atoms with Crippen LogP contribution >= 0.6 is 0 Å². The van der Waals surface area contributed by atoms with Gasteiger partial charge in [-0.1, -0.05) is 61.5 Å². The highest BCUT2D eigenvalue weighted by Gasteiger charge is 2.15. The predicted octanol–water partition coefficient (Wildman–Crippen LogP) is 4.29. The molecule has 1 unspecified atom stereocenters. The number of carboxylic acid groups (broad SMARTS) is 1. The highest BCUT2D eigenvalue weighted by molar-refractivity contribution is 5.78. The summed E-state index contributed by atoms with van der Waals surface area (Å²) >= 11 is 0. The Morgan fingerprint density at radius 2 is 1.63 bits per heavy atom.